The van der Waals surface area contributed by atoms with Crippen LogP contribution in [0.1, 0.15) is 133 Å². The summed E-state index contributed by atoms with van der Waals surface area (Å²) in [5.41, 5.74) is 2.44. The molecule has 0 fully saturated rings. The summed E-state index contributed by atoms with van der Waals surface area (Å²) in [5.74, 6) is -0.102. The van der Waals surface area contributed by atoms with Gasteiger partial charge in [0.05, 0.1) is 0 Å². The van der Waals surface area contributed by atoms with Gasteiger partial charge in [-0.1, -0.05) is 151 Å². The van der Waals surface area contributed by atoms with Gasteiger partial charge in [-0.3, -0.25) is 4.79 Å². The van der Waals surface area contributed by atoms with Gasteiger partial charge in [-0.25, -0.2) is 0 Å². The molecule has 0 aliphatic heterocycles. The third-order valence-corrected chi connectivity index (χ3v) is 7.29. The third-order valence-electron chi connectivity index (χ3n) is 7.29. The van der Waals surface area contributed by atoms with E-state index in [4.69, 9.17) is 4.74 Å². The standard InChI is InChI=1S/C33H50O2/c1-4-5-6-7-8-9-10-11-12-13-14-15-16-17-21-28-32(34)35-33(3,30-25-19-18-20-26-30)31-27-23-22-24-29(31)2/h18-20,22-27H,4-17,21,28H2,1-3H3. The number of carbonyl (C=O) groups is 1. The maximum atomic E-state index is 12.8. The van der Waals surface area contributed by atoms with Crippen LogP contribution in [0.4, 0.5) is 0 Å². The minimum absolute atomic E-state index is 0.102. The monoisotopic (exact) mass is 478 g/mol. The number of unbranched alkanes of at least 4 members (excludes halogenated alkanes) is 14. The van der Waals surface area contributed by atoms with Crippen molar-refractivity contribution in [1.82, 2.24) is 0 Å². The van der Waals surface area contributed by atoms with Crippen LogP contribution in [0.5, 0.6) is 0 Å². The molecule has 2 aromatic rings. The molecule has 0 saturated carbocycles. The molecule has 2 heteroatoms. The Morgan fingerprint density at radius 3 is 1.63 bits per heavy atom. The van der Waals surface area contributed by atoms with Crippen molar-refractivity contribution in [2.75, 3.05) is 0 Å². The largest absolute Gasteiger partial charge is 0.449 e. The highest BCUT2D eigenvalue weighted by atomic mass is 16.6. The Kier molecular flexibility index (Phi) is 14.5. The van der Waals surface area contributed by atoms with Crippen molar-refractivity contribution in [2.24, 2.45) is 0 Å². The van der Waals surface area contributed by atoms with Crippen molar-refractivity contribution in [1.29, 1.82) is 0 Å². The number of hydrogen-bond acceptors (Lipinski definition) is 2. The first-order valence-corrected chi connectivity index (χ1v) is 14.4. The second kappa shape index (κ2) is 17.4. The molecular formula is C33H50O2. The van der Waals surface area contributed by atoms with E-state index in [1.165, 1.54) is 83.5 Å². The zero-order valence-corrected chi connectivity index (χ0v) is 22.8. The van der Waals surface area contributed by atoms with Crippen LogP contribution < -0.4 is 0 Å². The Morgan fingerprint density at radius 2 is 1.11 bits per heavy atom. The first-order valence-electron chi connectivity index (χ1n) is 14.4. The molecular weight excluding hydrogens is 428 g/mol. The lowest BCUT2D eigenvalue weighted by Crippen LogP contribution is -2.31. The van der Waals surface area contributed by atoms with Gasteiger partial charge in [0.25, 0.3) is 0 Å². The van der Waals surface area contributed by atoms with E-state index in [-0.39, 0.29) is 5.97 Å². The normalized spacial score (nSPS) is 12.9. The maximum absolute atomic E-state index is 12.8. The lowest BCUT2D eigenvalue weighted by molar-refractivity contribution is -0.155. The maximum Gasteiger partial charge on any atom is 0.307 e. The van der Waals surface area contributed by atoms with Crippen molar-refractivity contribution >= 4 is 5.97 Å². The zero-order valence-electron chi connectivity index (χ0n) is 22.8. The zero-order chi connectivity index (χ0) is 25.2. The van der Waals surface area contributed by atoms with Crippen molar-refractivity contribution in [3.05, 3.63) is 71.3 Å². The molecule has 2 nitrogen and oxygen atoms in total. The quantitative estimate of drug-likeness (QED) is 0.148. The van der Waals surface area contributed by atoms with E-state index in [2.05, 4.69) is 26.0 Å². The highest BCUT2D eigenvalue weighted by Crippen LogP contribution is 2.35. The number of hydrogen-bond donors (Lipinski definition) is 0. The van der Waals surface area contributed by atoms with Crippen LogP contribution in [0.3, 0.4) is 0 Å². The fraction of sp³-hybridized carbons (Fsp3) is 0.606. The molecule has 2 rings (SSSR count). The molecule has 0 aromatic heterocycles. The molecule has 35 heavy (non-hydrogen) atoms. The van der Waals surface area contributed by atoms with E-state index >= 15 is 0 Å². The molecule has 0 bridgehead atoms. The van der Waals surface area contributed by atoms with Gasteiger partial charge in [-0.2, -0.15) is 0 Å². The van der Waals surface area contributed by atoms with E-state index in [0.29, 0.717) is 6.42 Å². The fourth-order valence-electron chi connectivity index (χ4n) is 5.05. The van der Waals surface area contributed by atoms with Crippen LogP contribution >= 0.6 is 0 Å². The van der Waals surface area contributed by atoms with Crippen molar-refractivity contribution < 1.29 is 9.53 Å². The average Bonchev–Trinajstić information content (AvgIpc) is 2.87. The van der Waals surface area contributed by atoms with Crippen LogP contribution in [0, 0.1) is 6.92 Å². The van der Waals surface area contributed by atoms with Gasteiger partial charge in [0, 0.05) is 12.0 Å². The summed E-state index contributed by atoms with van der Waals surface area (Å²) in [5, 5.41) is 0. The Hall–Kier alpha value is -2.09. The van der Waals surface area contributed by atoms with Crippen LogP contribution in [0.15, 0.2) is 54.6 Å². The topological polar surface area (TPSA) is 26.3 Å². The number of aryl methyl sites for hydroxylation is 1. The Morgan fingerprint density at radius 1 is 0.657 bits per heavy atom. The second-order valence-corrected chi connectivity index (χ2v) is 10.4. The molecule has 2 aromatic carbocycles. The van der Waals surface area contributed by atoms with Crippen LogP contribution in [-0.2, 0) is 15.1 Å². The minimum Gasteiger partial charge on any atom is -0.449 e. The van der Waals surface area contributed by atoms with Gasteiger partial charge in [-0.05, 0) is 31.4 Å². The predicted octanol–water partition coefficient (Wildman–Crippen LogP) is 10.1. The van der Waals surface area contributed by atoms with Crippen molar-refractivity contribution in [3.8, 4) is 0 Å². The van der Waals surface area contributed by atoms with Crippen molar-refractivity contribution in [3.63, 3.8) is 0 Å². The SMILES string of the molecule is CCCCCCCCCCCCCCCCCC(=O)OC(C)(c1ccccc1)c1ccccc1C. The van der Waals surface area contributed by atoms with E-state index in [1.54, 1.807) is 0 Å². The van der Waals surface area contributed by atoms with E-state index < -0.39 is 5.60 Å². The Labute approximate surface area is 215 Å². The molecule has 0 radical (unpaired) electrons. The molecule has 0 saturated heterocycles. The molecule has 0 N–H and O–H groups in total. The smallest absolute Gasteiger partial charge is 0.307 e. The summed E-state index contributed by atoms with van der Waals surface area (Å²) < 4.78 is 6.17. The summed E-state index contributed by atoms with van der Waals surface area (Å²) in [6.45, 7) is 6.39. The lowest BCUT2D eigenvalue weighted by atomic mass is 9.85. The van der Waals surface area contributed by atoms with Gasteiger partial charge in [-0.15, -0.1) is 0 Å². The molecule has 0 spiro atoms. The number of benzene rings is 2. The van der Waals surface area contributed by atoms with Gasteiger partial charge in [0.2, 0.25) is 0 Å². The van der Waals surface area contributed by atoms with E-state index in [0.717, 1.165) is 29.5 Å². The highest BCUT2D eigenvalue weighted by Gasteiger charge is 2.34. The molecule has 0 heterocycles. The summed E-state index contributed by atoms with van der Waals surface area (Å²) in [7, 11) is 0. The summed E-state index contributed by atoms with van der Waals surface area (Å²) in [4.78, 5) is 12.8. The molecule has 1 unspecified atom stereocenters. The first kappa shape index (κ1) is 29.1. The summed E-state index contributed by atoms with van der Waals surface area (Å²) in [6.07, 6.45) is 20.4. The molecule has 0 amide bonds. The molecule has 0 aliphatic rings. The van der Waals surface area contributed by atoms with Crippen LogP contribution in [0.25, 0.3) is 0 Å². The number of rotatable bonds is 19. The number of ether oxygens (including phenoxy) is 1. The molecule has 194 valence electrons. The second-order valence-electron chi connectivity index (χ2n) is 10.4. The third kappa shape index (κ3) is 11.0. The molecule has 0 aliphatic carbocycles. The minimum atomic E-state index is -0.765. The highest BCUT2D eigenvalue weighted by molar-refractivity contribution is 5.70. The Balaban J connectivity index is 1.61. The number of carbonyl (C=O) groups excluding carboxylic acids is 1. The average molecular weight is 479 g/mol. The number of esters is 1. The first-order chi connectivity index (χ1) is 17.1. The van der Waals surface area contributed by atoms with Gasteiger partial charge in [0.15, 0.2) is 5.60 Å². The summed E-state index contributed by atoms with van der Waals surface area (Å²) >= 11 is 0. The summed E-state index contributed by atoms with van der Waals surface area (Å²) in [6, 6.07) is 18.3. The van der Waals surface area contributed by atoms with Gasteiger partial charge >= 0.3 is 5.97 Å². The molecule has 1 atom stereocenters. The Bertz CT molecular complexity index is 813. The van der Waals surface area contributed by atoms with Gasteiger partial charge < -0.3 is 4.74 Å². The lowest BCUT2D eigenvalue weighted by Gasteiger charge is -2.32. The van der Waals surface area contributed by atoms with Gasteiger partial charge in [0.1, 0.15) is 0 Å². The fourth-order valence-corrected chi connectivity index (χ4v) is 5.05. The van der Waals surface area contributed by atoms with Crippen LogP contribution in [0.2, 0.25) is 0 Å². The van der Waals surface area contributed by atoms with E-state index in [9.17, 15) is 4.79 Å². The van der Waals surface area contributed by atoms with Crippen molar-refractivity contribution in [2.45, 2.75) is 129 Å². The predicted molar refractivity (Wildman–Crippen MR) is 150 cm³/mol. The van der Waals surface area contributed by atoms with E-state index in [1.807, 2.05) is 49.4 Å². The van der Waals surface area contributed by atoms with Crippen LogP contribution in [-0.4, -0.2) is 5.97 Å².